The summed E-state index contributed by atoms with van der Waals surface area (Å²) in [6.07, 6.45) is -4.44. The minimum absolute atomic E-state index is 0.0413. The van der Waals surface area contributed by atoms with E-state index in [1.54, 1.807) is 12.1 Å². The zero-order valence-corrected chi connectivity index (χ0v) is 17.6. The van der Waals surface area contributed by atoms with Crippen molar-refractivity contribution in [3.63, 3.8) is 0 Å². The first-order valence-electron chi connectivity index (χ1n) is 8.98. The molecule has 1 nitrogen and oxygen atoms in total. The summed E-state index contributed by atoms with van der Waals surface area (Å²) in [5, 5.41) is 0.0825. The van der Waals surface area contributed by atoms with E-state index < -0.39 is 20.1 Å². The molecule has 0 aromatic heterocycles. The fourth-order valence-electron chi connectivity index (χ4n) is 5.13. The van der Waals surface area contributed by atoms with Crippen LogP contribution < -0.4 is 0 Å². The second kappa shape index (κ2) is 6.12. The van der Waals surface area contributed by atoms with E-state index in [1.807, 2.05) is 0 Å². The van der Waals surface area contributed by atoms with Crippen molar-refractivity contribution in [3.05, 3.63) is 35.4 Å². The van der Waals surface area contributed by atoms with E-state index in [1.165, 1.54) is 12.1 Å². The van der Waals surface area contributed by atoms with Crippen molar-refractivity contribution in [1.29, 1.82) is 0 Å². The first kappa shape index (κ1) is 20.5. The lowest BCUT2D eigenvalue weighted by Gasteiger charge is -2.51. The molecule has 0 aliphatic carbocycles. The quantitative estimate of drug-likeness (QED) is 0.468. The van der Waals surface area contributed by atoms with Crippen molar-refractivity contribution in [3.8, 4) is 0 Å². The highest BCUT2D eigenvalue weighted by molar-refractivity contribution is 6.81. The molecule has 1 aromatic carbocycles. The van der Waals surface area contributed by atoms with Gasteiger partial charge in [-0.1, -0.05) is 67.5 Å². The first-order valence-corrected chi connectivity index (χ1v) is 11.0. The number of hydrogen-bond acceptors (Lipinski definition) is 1. The zero-order valence-electron chi connectivity index (χ0n) is 16.6. The molecule has 0 amide bonds. The second-order valence-corrected chi connectivity index (χ2v) is 15.2. The number of rotatable bonds is 1. The number of halogens is 3. The van der Waals surface area contributed by atoms with Crippen molar-refractivity contribution in [1.82, 2.24) is 0 Å². The molecule has 1 heterocycles. The average Bonchev–Trinajstić information content (AvgIpc) is 2.71. The Balaban J connectivity index is 2.46. The summed E-state index contributed by atoms with van der Waals surface area (Å²) in [4.78, 5) is 0. The Morgan fingerprint density at radius 2 is 1.28 bits per heavy atom. The highest BCUT2D eigenvalue weighted by atomic mass is 28.4. The van der Waals surface area contributed by atoms with Gasteiger partial charge in [-0.05, 0) is 39.2 Å². The third kappa shape index (κ3) is 3.30. The van der Waals surface area contributed by atoms with Crippen LogP contribution in [0, 0.1) is 5.92 Å². The first-order chi connectivity index (χ1) is 11.1. The lowest BCUT2D eigenvalue weighted by atomic mass is 9.94. The molecule has 5 heteroatoms. The number of alkyl halides is 3. The van der Waals surface area contributed by atoms with Crippen molar-refractivity contribution in [2.24, 2.45) is 5.92 Å². The zero-order chi connectivity index (χ0) is 19.4. The van der Waals surface area contributed by atoms with Gasteiger partial charge in [-0.3, -0.25) is 0 Å². The standard InChI is InChI=1S/C20H31F3OSi/c1-13-14(2)25(18(3,4)5,19(6,7)8)24-17(13)15-9-11-16(12-10-15)20(21,22)23/h9-14,17H,1-8H3/t13-,14-,17-/m1/s1. The van der Waals surface area contributed by atoms with Gasteiger partial charge >= 0.3 is 6.18 Å². The predicted molar refractivity (Wildman–Crippen MR) is 99.0 cm³/mol. The molecule has 1 aliphatic heterocycles. The maximum atomic E-state index is 12.8. The average molecular weight is 373 g/mol. The monoisotopic (exact) mass is 372 g/mol. The van der Waals surface area contributed by atoms with Gasteiger partial charge in [-0.25, -0.2) is 0 Å². The maximum absolute atomic E-state index is 12.8. The van der Waals surface area contributed by atoms with Crippen LogP contribution in [0.4, 0.5) is 13.2 Å². The molecule has 0 unspecified atom stereocenters. The Hall–Kier alpha value is -0.813. The van der Waals surface area contributed by atoms with E-state index in [9.17, 15) is 13.2 Å². The van der Waals surface area contributed by atoms with Gasteiger partial charge in [0.2, 0.25) is 8.32 Å². The summed E-state index contributed by atoms with van der Waals surface area (Å²) in [6, 6.07) is 5.52. The molecule has 0 spiro atoms. The summed E-state index contributed by atoms with van der Waals surface area (Å²) in [6.45, 7) is 18.0. The van der Waals surface area contributed by atoms with Crippen LogP contribution in [-0.4, -0.2) is 8.32 Å². The van der Waals surface area contributed by atoms with Crippen LogP contribution in [0.1, 0.15) is 72.6 Å². The van der Waals surface area contributed by atoms with E-state index in [0.717, 1.165) is 5.56 Å². The predicted octanol–water partition coefficient (Wildman–Crippen LogP) is 7.35. The molecule has 2 rings (SSSR count). The van der Waals surface area contributed by atoms with E-state index in [4.69, 9.17) is 4.43 Å². The molecule has 1 aliphatic rings. The summed E-state index contributed by atoms with van der Waals surface area (Å²) >= 11 is 0. The van der Waals surface area contributed by atoms with Crippen molar-refractivity contribution >= 4 is 8.32 Å². The topological polar surface area (TPSA) is 9.23 Å². The van der Waals surface area contributed by atoms with Crippen LogP contribution in [0.25, 0.3) is 0 Å². The molecule has 1 saturated heterocycles. The van der Waals surface area contributed by atoms with Crippen molar-refractivity contribution in [2.45, 2.75) is 83.3 Å². The van der Waals surface area contributed by atoms with Crippen LogP contribution in [-0.2, 0) is 10.6 Å². The Morgan fingerprint density at radius 3 is 1.60 bits per heavy atom. The van der Waals surface area contributed by atoms with Crippen LogP contribution in [0.3, 0.4) is 0 Å². The van der Waals surface area contributed by atoms with Crippen LogP contribution in [0.5, 0.6) is 0 Å². The van der Waals surface area contributed by atoms with Gasteiger partial charge in [-0.2, -0.15) is 13.2 Å². The Bertz CT molecular complexity index is 594. The molecule has 1 fully saturated rings. The van der Waals surface area contributed by atoms with Gasteiger partial charge in [0.15, 0.2) is 0 Å². The third-order valence-corrected chi connectivity index (χ3v) is 12.9. The number of hydrogen-bond donors (Lipinski definition) is 0. The van der Waals surface area contributed by atoms with Gasteiger partial charge in [0.1, 0.15) is 0 Å². The van der Waals surface area contributed by atoms with Crippen LogP contribution in [0.2, 0.25) is 15.6 Å². The second-order valence-electron chi connectivity index (χ2n) is 9.54. The molecule has 0 radical (unpaired) electrons. The minimum atomic E-state index is -4.30. The van der Waals surface area contributed by atoms with E-state index in [0.29, 0.717) is 5.54 Å². The molecular formula is C20H31F3OSi. The highest BCUT2D eigenvalue weighted by Gasteiger charge is 2.65. The Kier molecular flexibility index (Phi) is 5.02. The maximum Gasteiger partial charge on any atom is 0.416 e. The van der Waals surface area contributed by atoms with Gasteiger partial charge in [0, 0.05) is 0 Å². The van der Waals surface area contributed by atoms with Crippen LogP contribution >= 0.6 is 0 Å². The van der Waals surface area contributed by atoms with Gasteiger partial charge in [0.05, 0.1) is 11.7 Å². The largest absolute Gasteiger partial charge is 0.416 e. The summed E-state index contributed by atoms with van der Waals surface area (Å²) in [5.74, 6) is 0.279. The smallest absolute Gasteiger partial charge is 0.408 e. The molecule has 0 saturated carbocycles. The Morgan fingerprint density at radius 1 is 0.840 bits per heavy atom. The van der Waals surface area contributed by atoms with E-state index in [2.05, 4.69) is 55.4 Å². The van der Waals surface area contributed by atoms with Gasteiger partial charge in [0.25, 0.3) is 0 Å². The molecular weight excluding hydrogens is 341 g/mol. The minimum Gasteiger partial charge on any atom is -0.408 e. The molecule has 25 heavy (non-hydrogen) atoms. The molecule has 142 valence electrons. The summed E-state index contributed by atoms with van der Waals surface area (Å²) < 4.78 is 45.4. The molecule has 0 N–H and O–H groups in total. The highest BCUT2D eigenvalue weighted by Crippen LogP contribution is 2.66. The molecule has 3 atom stereocenters. The summed E-state index contributed by atoms with van der Waals surface area (Å²) in [7, 11) is -2.22. The van der Waals surface area contributed by atoms with Crippen LogP contribution in [0.15, 0.2) is 24.3 Å². The summed E-state index contributed by atoms with van der Waals surface area (Å²) in [5.41, 5.74) is 0.667. The normalized spacial score (nSPS) is 27.6. The fraction of sp³-hybridized carbons (Fsp3) is 0.700. The van der Waals surface area contributed by atoms with Gasteiger partial charge in [-0.15, -0.1) is 0 Å². The van der Waals surface area contributed by atoms with E-state index in [-0.39, 0.29) is 22.1 Å². The van der Waals surface area contributed by atoms with E-state index >= 15 is 0 Å². The molecule has 0 bridgehead atoms. The SMILES string of the molecule is C[C@@H]1[C@@H](C)[Si](C(C)(C)C)(C(C)(C)C)O[C@H]1c1ccc(C(F)(F)F)cc1. The third-order valence-electron chi connectivity index (χ3n) is 6.02. The van der Waals surface area contributed by atoms with Crippen molar-refractivity contribution in [2.75, 3.05) is 0 Å². The van der Waals surface area contributed by atoms with Gasteiger partial charge < -0.3 is 4.43 Å². The number of benzene rings is 1. The molecule has 1 aromatic rings. The fourth-order valence-corrected chi connectivity index (χ4v) is 12.7. The lowest BCUT2D eigenvalue weighted by molar-refractivity contribution is -0.137. The van der Waals surface area contributed by atoms with Crippen molar-refractivity contribution < 1.29 is 17.6 Å². The Labute approximate surface area is 151 Å². The lowest BCUT2D eigenvalue weighted by Crippen LogP contribution is -2.54.